The highest BCUT2D eigenvalue weighted by Gasteiger charge is 2.28. The topological polar surface area (TPSA) is 24.4 Å². The second kappa shape index (κ2) is 6.48. The zero-order chi connectivity index (χ0) is 13.7. The zero-order valence-corrected chi connectivity index (χ0v) is 11.8. The first-order chi connectivity index (χ1) is 9.31. The number of fused-ring (bicyclic) bond motifs is 1. The molecular formula is C17H22N2. The lowest BCUT2D eigenvalue weighted by Crippen LogP contribution is -2.32. The summed E-state index contributed by atoms with van der Waals surface area (Å²) in [5.41, 5.74) is 3.64. The highest BCUT2D eigenvalue weighted by molar-refractivity contribution is 6.10. The van der Waals surface area contributed by atoms with Crippen LogP contribution in [0.1, 0.15) is 30.4 Å². The van der Waals surface area contributed by atoms with E-state index >= 15 is 0 Å². The summed E-state index contributed by atoms with van der Waals surface area (Å²) in [6.07, 6.45) is 7.15. The first kappa shape index (κ1) is 13.8. The van der Waals surface area contributed by atoms with Crippen LogP contribution in [0.15, 0.2) is 54.1 Å². The van der Waals surface area contributed by atoms with E-state index in [0.717, 1.165) is 18.7 Å². The average Bonchev–Trinajstić information content (AvgIpc) is 2.46. The lowest BCUT2D eigenvalue weighted by molar-refractivity contribution is 0.507. The molecule has 0 radical (unpaired) electrons. The number of rotatable bonds is 5. The van der Waals surface area contributed by atoms with E-state index in [9.17, 15) is 0 Å². The lowest BCUT2D eigenvalue weighted by atomic mass is 9.82. The monoisotopic (exact) mass is 254 g/mol. The van der Waals surface area contributed by atoms with Gasteiger partial charge in [0.05, 0.1) is 11.8 Å². The van der Waals surface area contributed by atoms with Gasteiger partial charge in [-0.25, -0.2) is 0 Å². The van der Waals surface area contributed by atoms with Crippen molar-refractivity contribution in [3.63, 3.8) is 0 Å². The molecule has 1 aliphatic rings. The zero-order valence-electron chi connectivity index (χ0n) is 11.8. The van der Waals surface area contributed by atoms with Gasteiger partial charge >= 0.3 is 0 Å². The van der Waals surface area contributed by atoms with Gasteiger partial charge in [-0.1, -0.05) is 43.0 Å². The minimum absolute atomic E-state index is 0.298. The van der Waals surface area contributed by atoms with Gasteiger partial charge in [-0.2, -0.15) is 0 Å². The van der Waals surface area contributed by atoms with Crippen LogP contribution in [-0.4, -0.2) is 25.3 Å². The van der Waals surface area contributed by atoms with Crippen LogP contribution in [0.5, 0.6) is 0 Å². The number of allylic oxidation sites excluding steroid dienone is 2. The molecule has 0 aromatic heterocycles. The van der Waals surface area contributed by atoms with Gasteiger partial charge in [0, 0.05) is 18.0 Å². The van der Waals surface area contributed by atoms with E-state index in [4.69, 9.17) is 4.99 Å². The molecule has 2 heteroatoms. The maximum Gasteiger partial charge on any atom is 0.0647 e. The smallest absolute Gasteiger partial charge is 0.0647 e. The third kappa shape index (κ3) is 2.85. The highest BCUT2D eigenvalue weighted by Crippen LogP contribution is 2.32. The van der Waals surface area contributed by atoms with E-state index in [-0.39, 0.29) is 0 Å². The van der Waals surface area contributed by atoms with Crippen molar-refractivity contribution >= 4 is 5.71 Å². The fraction of sp³-hybridized carbons (Fsp3) is 0.353. The van der Waals surface area contributed by atoms with E-state index in [1.165, 1.54) is 11.1 Å². The molecular weight excluding hydrogens is 232 g/mol. The Morgan fingerprint density at radius 1 is 1.37 bits per heavy atom. The molecule has 1 aromatic rings. The standard InChI is InChI=1S/C17H22N2/c1-4-6-11-17-15(12-18-3)13-9-7-8-10-14(13)16(5-2)19-17/h4-10,15,17-18H,2,11-12H2,1,3H3/b6-4+. The Morgan fingerprint density at radius 2 is 2.16 bits per heavy atom. The molecule has 2 atom stereocenters. The van der Waals surface area contributed by atoms with Gasteiger partial charge in [-0.3, -0.25) is 4.99 Å². The van der Waals surface area contributed by atoms with E-state index in [1.54, 1.807) is 0 Å². The summed E-state index contributed by atoms with van der Waals surface area (Å²) in [5.74, 6) is 0.432. The van der Waals surface area contributed by atoms with Crippen LogP contribution in [0.3, 0.4) is 0 Å². The number of nitrogens with zero attached hydrogens (tertiary/aromatic N) is 1. The molecule has 2 unspecified atom stereocenters. The van der Waals surface area contributed by atoms with Gasteiger partial charge in [-0.05, 0) is 32.0 Å². The fourth-order valence-corrected chi connectivity index (χ4v) is 2.72. The molecule has 0 saturated heterocycles. The Bertz CT molecular complexity index is 500. The van der Waals surface area contributed by atoms with Crippen LogP contribution in [0.25, 0.3) is 0 Å². The van der Waals surface area contributed by atoms with Crippen LogP contribution in [0.4, 0.5) is 0 Å². The second-order valence-corrected chi connectivity index (χ2v) is 4.84. The van der Waals surface area contributed by atoms with Crippen LogP contribution >= 0.6 is 0 Å². The molecule has 0 aliphatic carbocycles. The molecule has 0 saturated carbocycles. The Hall–Kier alpha value is -1.67. The third-order valence-corrected chi connectivity index (χ3v) is 3.64. The number of hydrogen-bond acceptors (Lipinski definition) is 2. The molecule has 19 heavy (non-hydrogen) atoms. The van der Waals surface area contributed by atoms with E-state index in [1.807, 2.05) is 13.1 Å². The Kier molecular flexibility index (Phi) is 4.69. The summed E-state index contributed by atoms with van der Waals surface area (Å²) < 4.78 is 0. The minimum Gasteiger partial charge on any atom is -0.319 e. The van der Waals surface area contributed by atoms with Gasteiger partial charge in [0.2, 0.25) is 0 Å². The molecule has 0 fully saturated rings. The normalized spacial score (nSPS) is 22.1. The van der Waals surface area contributed by atoms with Crippen molar-refractivity contribution in [3.8, 4) is 0 Å². The highest BCUT2D eigenvalue weighted by atomic mass is 14.9. The van der Waals surface area contributed by atoms with Crippen LogP contribution in [-0.2, 0) is 0 Å². The minimum atomic E-state index is 0.298. The Labute approximate surface area is 116 Å². The molecule has 1 heterocycles. The maximum absolute atomic E-state index is 4.89. The van der Waals surface area contributed by atoms with Crippen molar-refractivity contribution in [1.29, 1.82) is 0 Å². The van der Waals surface area contributed by atoms with Crippen LogP contribution in [0, 0.1) is 0 Å². The van der Waals surface area contributed by atoms with Gasteiger partial charge < -0.3 is 5.32 Å². The molecule has 0 amide bonds. The number of aliphatic imine (C=N–C) groups is 1. The summed E-state index contributed by atoms with van der Waals surface area (Å²) in [4.78, 5) is 4.89. The van der Waals surface area contributed by atoms with Gasteiger partial charge in [-0.15, -0.1) is 0 Å². The SMILES string of the molecule is C=CC1=NC(C/C=C/C)C(CNC)c2ccccc21. The van der Waals surface area contributed by atoms with Crippen molar-refractivity contribution in [2.75, 3.05) is 13.6 Å². The summed E-state index contributed by atoms with van der Waals surface area (Å²) in [5, 5.41) is 3.30. The number of benzene rings is 1. The molecule has 2 nitrogen and oxygen atoms in total. The van der Waals surface area contributed by atoms with Crippen LogP contribution in [0.2, 0.25) is 0 Å². The fourth-order valence-electron chi connectivity index (χ4n) is 2.72. The maximum atomic E-state index is 4.89. The van der Waals surface area contributed by atoms with E-state index in [0.29, 0.717) is 12.0 Å². The molecule has 1 N–H and O–H groups in total. The summed E-state index contributed by atoms with van der Waals surface area (Å²) in [6.45, 7) is 6.91. The molecule has 100 valence electrons. The Balaban J connectivity index is 2.43. The van der Waals surface area contributed by atoms with Crippen molar-refractivity contribution < 1.29 is 0 Å². The average molecular weight is 254 g/mol. The largest absolute Gasteiger partial charge is 0.319 e. The Morgan fingerprint density at radius 3 is 2.84 bits per heavy atom. The van der Waals surface area contributed by atoms with Gasteiger partial charge in [0.15, 0.2) is 0 Å². The number of nitrogens with one attached hydrogen (secondary N) is 1. The predicted octanol–water partition coefficient (Wildman–Crippen LogP) is 3.31. The summed E-state index contributed by atoms with van der Waals surface area (Å²) in [7, 11) is 2.00. The number of hydrogen-bond donors (Lipinski definition) is 1. The lowest BCUT2D eigenvalue weighted by Gasteiger charge is -2.30. The van der Waals surface area contributed by atoms with Crippen molar-refractivity contribution in [2.45, 2.75) is 25.3 Å². The van der Waals surface area contributed by atoms with Crippen molar-refractivity contribution in [2.24, 2.45) is 4.99 Å². The number of likely N-dealkylation sites (N-methyl/N-ethyl adjacent to an activating group) is 1. The molecule has 1 aromatic carbocycles. The second-order valence-electron chi connectivity index (χ2n) is 4.84. The molecule has 0 bridgehead atoms. The summed E-state index contributed by atoms with van der Waals surface area (Å²) >= 11 is 0. The van der Waals surface area contributed by atoms with Crippen LogP contribution < -0.4 is 5.32 Å². The quantitative estimate of drug-likeness (QED) is 0.801. The van der Waals surface area contributed by atoms with Crippen molar-refractivity contribution in [1.82, 2.24) is 5.32 Å². The first-order valence-corrected chi connectivity index (χ1v) is 6.87. The van der Waals surface area contributed by atoms with Crippen molar-refractivity contribution in [3.05, 3.63) is 60.2 Å². The third-order valence-electron chi connectivity index (χ3n) is 3.64. The van der Waals surface area contributed by atoms with Gasteiger partial charge in [0.25, 0.3) is 0 Å². The van der Waals surface area contributed by atoms with E-state index in [2.05, 4.69) is 55.2 Å². The molecule has 2 rings (SSSR count). The van der Waals surface area contributed by atoms with Gasteiger partial charge in [0.1, 0.15) is 0 Å². The summed E-state index contributed by atoms with van der Waals surface area (Å²) in [6, 6.07) is 8.84. The van der Waals surface area contributed by atoms with E-state index < -0.39 is 0 Å². The molecule has 1 aliphatic heterocycles. The first-order valence-electron chi connectivity index (χ1n) is 6.87. The predicted molar refractivity (Wildman–Crippen MR) is 83.1 cm³/mol. The molecule has 0 spiro atoms.